The number of ether oxygens (including phenoxy) is 2. The highest BCUT2D eigenvalue weighted by molar-refractivity contribution is 5.92. The SMILES string of the molecule is Cc1cc(-c2cc(-c3cc(C(C)(C)C)cc(C(C)(C)C)c3)cc(-c3cc(C(C)(C)C)cc(C(C)(C)C)c3)c2)c(O)c(-c2c(O[C@H](C)C[C@H](C)Oc3cc(F)c(F)c(F)c3-c3cc(C)cc(-c4cc(-c5cc(C(C)(C)C)cc(C(C)(C)C)c5)cc(-c5cc(C(C)(C)C)cc(C(C)(C)C)c5)c4)c3O)cc(F)c(F)c2F)c1. The highest BCUT2D eigenvalue weighted by Crippen LogP contribution is 2.51. The van der Waals surface area contributed by atoms with E-state index in [0.29, 0.717) is 33.4 Å². The number of rotatable bonds is 14. The Morgan fingerprint density at radius 3 is 0.661 bits per heavy atom. The van der Waals surface area contributed by atoms with E-state index in [9.17, 15) is 10.2 Å². The summed E-state index contributed by atoms with van der Waals surface area (Å²) in [5.74, 6) is -11.6. The van der Waals surface area contributed by atoms with Crippen LogP contribution in [-0.4, -0.2) is 22.4 Å². The van der Waals surface area contributed by atoms with E-state index in [4.69, 9.17) is 9.47 Å². The van der Waals surface area contributed by atoms with Gasteiger partial charge < -0.3 is 19.7 Å². The number of aryl methyl sites for hydroxylation is 2. The van der Waals surface area contributed by atoms with E-state index in [2.05, 4.69) is 251 Å². The predicted octanol–water partition coefficient (Wildman–Crippen LogP) is 28.9. The van der Waals surface area contributed by atoms with Gasteiger partial charge in [-0.05, 0) is 243 Å². The van der Waals surface area contributed by atoms with Crippen molar-refractivity contribution < 1.29 is 46.0 Å². The molecule has 0 fully saturated rings. The van der Waals surface area contributed by atoms with Crippen LogP contribution in [0.4, 0.5) is 26.3 Å². The van der Waals surface area contributed by atoms with Crippen LogP contribution in [0.5, 0.6) is 23.0 Å². The van der Waals surface area contributed by atoms with Gasteiger partial charge in [-0.3, -0.25) is 0 Å². The summed E-state index contributed by atoms with van der Waals surface area (Å²) in [5.41, 5.74) is 15.9. The molecule has 0 heterocycles. The molecular weight excluding hydrogens is 1370 g/mol. The minimum Gasteiger partial charge on any atom is -0.507 e. The van der Waals surface area contributed by atoms with Gasteiger partial charge in [-0.15, -0.1) is 0 Å². The van der Waals surface area contributed by atoms with Crippen molar-refractivity contribution in [1.82, 2.24) is 0 Å². The molecule has 10 heteroatoms. The second-order valence-electron chi connectivity index (χ2n) is 39.0. The molecule has 0 radical (unpaired) electrons. The van der Waals surface area contributed by atoms with Gasteiger partial charge in [0.2, 0.25) is 0 Å². The molecule has 0 amide bonds. The van der Waals surface area contributed by atoms with Crippen LogP contribution in [0.1, 0.15) is 242 Å². The Labute approximate surface area is 646 Å². The van der Waals surface area contributed by atoms with Crippen LogP contribution in [0, 0.1) is 48.8 Å². The van der Waals surface area contributed by atoms with Gasteiger partial charge in [0, 0.05) is 40.8 Å². The molecule has 10 rings (SSSR count). The summed E-state index contributed by atoms with van der Waals surface area (Å²) in [5, 5.41) is 25.8. The molecule has 0 aliphatic rings. The van der Waals surface area contributed by atoms with Gasteiger partial charge in [-0.1, -0.05) is 239 Å². The van der Waals surface area contributed by atoms with E-state index >= 15 is 26.3 Å². The molecular formula is C99H114F6O4. The Morgan fingerprint density at radius 2 is 0.450 bits per heavy atom. The molecule has 0 bridgehead atoms. The Morgan fingerprint density at radius 1 is 0.257 bits per heavy atom. The fourth-order valence-electron chi connectivity index (χ4n) is 14.1. The number of hydrogen-bond acceptors (Lipinski definition) is 4. The lowest BCUT2D eigenvalue weighted by Crippen LogP contribution is -2.23. The first-order valence-electron chi connectivity index (χ1n) is 38.3. The van der Waals surface area contributed by atoms with Crippen molar-refractivity contribution in [3.8, 4) is 112 Å². The van der Waals surface area contributed by atoms with Crippen LogP contribution in [0.3, 0.4) is 0 Å². The number of phenolic OH excluding ortho intramolecular Hbond substituents is 2. The van der Waals surface area contributed by atoms with Crippen molar-refractivity contribution in [2.24, 2.45) is 0 Å². The van der Waals surface area contributed by atoms with E-state index in [-0.39, 0.29) is 60.9 Å². The van der Waals surface area contributed by atoms with Crippen LogP contribution in [0.2, 0.25) is 0 Å². The van der Waals surface area contributed by atoms with Crippen molar-refractivity contribution in [2.75, 3.05) is 0 Å². The largest absolute Gasteiger partial charge is 0.507 e. The number of benzene rings is 10. The molecule has 0 aliphatic carbocycles. The van der Waals surface area contributed by atoms with Crippen molar-refractivity contribution in [1.29, 1.82) is 0 Å². The molecule has 109 heavy (non-hydrogen) atoms. The van der Waals surface area contributed by atoms with Gasteiger partial charge in [0.15, 0.2) is 34.9 Å². The van der Waals surface area contributed by atoms with Crippen LogP contribution in [0.25, 0.3) is 89.0 Å². The first kappa shape index (κ1) is 82.5. The third-order valence-electron chi connectivity index (χ3n) is 21.1. The lowest BCUT2D eigenvalue weighted by Gasteiger charge is -2.27. The average Bonchev–Trinajstić information content (AvgIpc) is 0.761. The molecule has 0 aromatic heterocycles. The lowest BCUT2D eigenvalue weighted by molar-refractivity contribution is 0.130. The zero-order valence-electron chi connectivity index (χ0n) is 69.7. The minimum absolute atomic E-state index is 0.136. The first-order valence-corrected chi connectivity index (χ1v) is 38.3. The fraction of sp³-hybridized carbons (Fsp3) is 0.394. The monoisotopic (exact) mass is 1480 g/mol. The molecule has 4 nitrogen and oxygen atoms in total. The maximum atomic E-state index is 17.1. The Kier molecular flexibility index (Phi) is 22.2. The third-order valence-corrected chi connectivity index (χ3v) is 21.1. The Bertz CT molecular complexity index is 4530. The summed E-state index contributed by atoms with van der Waals surface area (Å²) in [4.78, 5) is 0. The number of phenols is 2. The number of hydrogen-bond donors (Lipinski definition) is 2. The van der Waals surface area contributed by atoms with Crippen LogP contribution in [-0.2, 0) is 43.3 Å². The van der Waals surface area contributed by atoms with Crippen LogP contribution < -0.4 is 9.47 Å². The summed E-state index contributed by atoms with van der Waals surface area (Å²) < 4.78 is 111. The zero-order chi connectivity index (χ0) is 81.0. The fourth-order valence-corrected chi connectivity index (χ4v) is 14.1. The van der Waals surface area contributed by atoms with Crippen LogP contribution in [0.15, 0.2) is 146 Å². The Balaban J connectivity index is 1.06. The summed E-state index contributed by atoms with van der Waals surface area (Å²) in [6.07, 6.45) is -2.22. The second-order valence-corrected chi connectivity index (χ2v) is 39.0. The molecule has 0 aliphatic heterocycles. The van der Waals surface area contributed by atoms with Gasteiger partial charge in [0.05, 0.1) is 23.3 Å². The summed E-state index contributed by atoms with van der Waals surface area (Å²) in [6.45, 7) is 59.2. The van der Waals surface area contributed by atoms with Crippen LogP contribution >= 0.6 is 0 Å². The smallest absolute Gasteiger partial charge is 0.195 e. The Hall–Kier alpha value is -9.02. The molecule has 0 unspecified atom stereocenters. The third kappa shape index (κ3) is 18.1. The van der Waals surface area contributed by atoms with Gasteiger partial charge in [0.1, 0.15) is 23.0 Å². The van der Waals surface area contributed by atoms with E-state index in [1.165, 1.54) is 12.1 Å². The predicted molar refractivity (Wildman–Crippen MR) is 443 cm³/mol. The van der Waals surface area contributed by atoms with Gasteiger partial charge >= 0.3 is 0 Å². The van der Waals surface area contributed by atoms with E-state index in [0.717, 1.165) is 101 Å². The highest BCUT2D eigenvalue weighted by Gasteiger charge is 2.33. The van der Waals surface area contributed by atoms with Gasteiger partial charge in [-0.2, -0.15) is 0 Å². The zero-order valence-corrected chi connectivity index (χ0v) is 69.7. The van der Waals surface area contributed by atoms with Crippen molar-refractivity contribution >= 4 is 0 Å². The average molecular weight is 1480 g/mol. The molecule has 0 saturated carbocycles. The number of aromatic hydroxyl groups is 2. The van der Waals surface area contributed by atoms with E-state index in [1.54, 1.807) is 39.8 Å². The quantitative estimate of drug-likeness (QED) is 0.0841. The molecule has 576 valence electrons. The maximum Gasteiger partial charge on any atom is 0.195 e. The molecule has 0 spiro atoms. The topological polar surface area (TPSA) is 58.9 Å². The molecule has 2 atom stereocenters. The lowest BCUT2D eigenvalue weighted by atomic mass is 9.77. The van der Waals surface area contributed by atoms with E-state index in [1.807, 2.05) is 24.3 Å². The molecule has 10 aromatic rings. The maximum absolute atomic E-state index is 17.1. The first-order chi connectivity index (χ1) is 49.9. The summed E-state index contributed by atoms with van der Waals surface area (Å²) in [7, 11) is 0. The van der Waals surface area contributed by atoms with Gasteiger partial charge in [0.25, 0.3) is 0 Å². The van der Waals surface area contributed by atoms with Crippen molar-refractivity contribution in [2.45, 2.75) is 256 Å². The normalized spacial score (nSPS) is 13.4. The number of halogens is 6. The summed E-state index contributed by atoms with van der Waals surface area (Å²) >= 11 is 0. The van der Waals surface area contributed by atoms with Gasteiger partial charge in [-0.25, -0.2) is 26.3 Å². The molecule has 2 N–H and O–H groups in total. The second kappa shape index (κ2) is 29.3. The highest BCUT2D eigenvalue weighted by atomic mass is 19.2. The molecule has 10 aromatic carbocycles. The molecule has 0 saturated heterocycles. The van der Waals surface area contributed by atoms with Crippen molar-refractivity contribution in [3.05, 3.63) is 236 Å². The van der Waals surface area contributed by atoms with Crippen molar-refractivity contribution in [3.63, 3.8) is 0 Å². The van der Waals surface area contributed by atoms with E-state index < -0.39 is 81.2 Å². The summed E-state index contributed by atoms with van der Waals surface area (Å²) in [6, 6.07) is 47.1. The minimum atomic E-state index is -1.79. The standard InChI is InChI=1S/C99H114F6O4/c1-54-29-76(66-36-58(62-40-68(92(5,6)7)48-69(41-62)93(8,9)10)34-59(37-66)63-42-70(94(11,12)13)49-71(43-63)95(14,15)16)90(106)78(31-54)84-82(52-80(100)86(102)88(84)104)108-56(3)33-57(4)109-83-53-81(101)87(103)89(105)85(83)79-32-55(2)30-77(91(79)107)67-38-60(64-44-72(96(17,18)19)50-73(45-64)97(20,21)22)35-61(39-67)65-46-74(98(23,24)25)51-75(47-65)99(26,27)28/h29-32,34-53,56-57,106-107H,33H2,1-28H3/t56-,57+.